The van der Waals surface area contributed by atoms with E-state index in [2.05, 4.69) is 31.5 Å². The van der Waals surface area contributed by atoms with Crippen LogP contribution in [0.1, 0.15) is 5.56 Å². The number of amides is 2. The number of halogens is 3. The zero-order valence-corrected chi connectivity index (χ0v) is 17.2. The first kappa shape index (κ1) is 20.7. The van der Waals surface area contributed by atoms with Gasteiger partial charge in [0.1, 0.15) is 16.5 Å². The van der Waals surface area contributed by atoms with Crippen molar-refractivity contribution in [1.82, 2.24) is 4.98 Å². The molecule has 0 bridgehead atoms. The molecular weight excluding hydrogens is 461 g/mol. The maximum atomic E-state index is 14.1. The monoisotopic (exact) mass is 473 g/mol. The van der Waals surface area contributed by atoms with Crippen LogP contribution in [0.3, 0.4) is 0 Å². The van der Waals surface area contributed by atoms with Crippen LogP contribution in [-0.4, -0.2) is 16.8 Å². The number of rotatable bonds is 5. The summed E-state index contributed by atoms with van der Waals surface area (Å²) in [6.07, 6.45) is 2.79. The second kappa shape index (κ2) is 9.45. The highest BCUT2D eigenvalue weighted by Gasteiger charge is 2.21. The Kier molecular flexibility index (Phi) is 6.74. The van der Waals surface area contributed by atoms with Gasteiger partial charge >= 0.3 is 0 Å². The van der Waals surface area contributed by atoms with Gasteiger partial charge in [-0.25, -0.2) is 9.37 Å². The van der Waals surface area contributed by atoms with Gasteiger partial charge in [0, 0.05) is 21.9 Å². The van der Waals surface area contributed by atoms with Gasteiger partial charge in [-0.05, 0) is 42.5 Å². The van der Waals surface area contributed by atoms with E-state index < -0.39 is 17.6 Å². The van der Waals surface area contributed by atoms with Gasteiger partial charge in [-0.2, -0.15) is 0 Å². The summed E-state index contributed by atoms with van der Waals surface area (Å²) in [4.78, 5) is 29.5. The van der Waals surface area contributed by atoms with Crippen molar-refractivity contribution in [3.63, 3.8) is 0 Å². The molecular formula is C21H14BrClFN3O2. The summed E-state index contributed by atoms with van der Waals surface area (Å²) >= 11 is 9.21. The molecule has 3 aromatic rings. The fourth-order valence-corrected chi connectivity index (χ4v) is 2.90. The molecule has 1 heterocycles. The Bertz CT molecular complexity index is 1090. The van der Waals surface area contributed by atoms with Crippen molar-refractivity contribution in [1.29, 1.82) is 0 Å². The third-order valence-corrected chi connectivity index (χ3v) is 4.60. The summed E-state index contributed by atoms with van der Waals surface area (Å²) in [5.41, 5.74) is 0.557. The number of pyridine rings is 1. The molecule has 0 saturated heterocycles. The predicted molar refractivity (Wildman–Crippen MR) is 115 cm³/mol. The quantitative estimate of drug-likeness (QED) is 0.228. The van der Waals surface area contributed by atoms with Crippen LogP contribution in [0.25, 0.3) is 6.08 Å². The molecule has 0 radical (unpaired) electrons. The zero-order valence-electron chi connectivity index (χ0n) is 14.8. The van der Waals surface area contributed by atoms with Crippen LogP contribution in [0, 0.1) is 5.82 Å². The van der Waals surface area contributed by atoms with E-state index in [1.165, 1.54) is 24.4 Å². The van der Waals surface area contributed by atoms with Gasteiger partial charge in [-0.1, -0.05) is 51.8 Å². The van der Waals surface area contributed by atoms with Crippen molar-refractivity contribution in [3.8, 4) is 0 Å². The van der Waals surface area contributed by atoms with Gasteiger partial charge in [0.15, 0.2) is 0 Å². The normalized spacial score (nSPS) is 11.1. The minimum Gasteiger partial charge on any atom is -0.322 e. The van der Waals surface area contributed by atoms with Crippen LogP contribution in [0.15, 0.2) is 76.9 Å². The summed E-state index contributed by atoms with van der Waals surface area (Å²) in [6.45, 7) is 0. The van der Waals surface area contributed by atoms with E-state index in [9.17, 15) is 14.0 Å². The van der Waals surface area contributed by atoms with E-state index >= 15 is 0 Å². The Hall–Kier alpha value is -3.03. The molecule has 1 aromatic heterocycles. The molecule has 0 unspecified atom stereocenters. The molecule has 2 aromatic carbocycles. The van der Waals surface area contributed by atoms with E-state index in [-0.39, 0.29) is 16.4 Å². The molecule has 0 spiro atoms. The Morgan fingerprint density at radius 2 is 1.72 bits per heavy atom. The minimum atomic E-state index is -0.792. The number of benzene rings is 2. The van der Waals surface area contributed by atoms with Gasteiger partial charge in [0.05, 0.1) is 5.69 Å². The molecule has 0 atom stereocenters. The third kappa shape index (κ3) is 5.49. The highest BCUT2D eigenvalue weighted by Crippen LogP contribution is 2.22. The number of carbonyl (C=O) groups excluding carboxylic acids is 2. The number of anilines is 2. The van der Waals surface area contributed by atoms with Crippen LogP contribution >= 0.6 is 27.5 Å². The highest BCUT2D eigenvalue weighted by molar-refractivity contribution is 9.10. The number of hydrogen-bond acceptors (Lipinski definition) is 3. The van der Waals surface area contributed by atoms with Gasteiger partial charge in [-0.3, -0.25) is 9.59 Å². The summed E-state index contributed by atoms with van der Waals surface area (Å²) in [7, 11) is 0. The van der Waals surface area contributed by atoms with Crippen LogP contribution in [0.2, 0.25) is 5.15 Å². The fraction of sp³-hybridized carbons (Fsp3) is 0. The first-order valence-corrected chi connectivity index (χ1v) is 9.56. The topological polar surface area (TPSA) is 71.1 Å². The second-order valence-corrected chi connectivity index (χ2v) is 7.11. The summed E-state index contributed by atoms with van der Waals surface area (Å²) < 4.78 is 14.6. The Morgan fingerprint density at radius 3 is 2.41 bits per heavy atom. The average Bonchev–Trinajstić information content (AvgIpc) is 2.70. The van der Waals surface area contributed by atoms with Crippen molar-refractivity contribution >= 4 is 56.8 Å². The smallest absolute Gasteiger partial charge is 0.261 e. The predicted octanol–water partition coefficient (Wildman–Crippen LogP) is 5.30. The van der Waals surface area contributed by atoms with Crippen LogP contribution < -0.4 is 10.6 Å². The van der Waals surface area contributed by atoms with E-state index in [4.69, 9.17) is 11.6 Å². The molecule has 0 fully saturated rings. The van der Waals surface area contributed by atoms with E-state index in [1.807, 2.05) is 0 Å². The molecule has 0 aliphatic rings. The Labute approximate surface area is 179 Å². The lowest BCUT2D eigenvalue weighted by Crippen LogP contribution is -2.25. The molecule has 2 amide bonds. The largest absolute Gasteiger partial charge is 0.322 e. The standard InChI is InChI=1S/C21H14BrClFN3O2/c22-14-8-9-18(17(24)12-14)27-21(29)16(11-13-5-4-10-25-19(13)23)20(28)26-15-6-2-1-3-7-15/h1-12H,(H,26,28)(H,27,29)/b16-11-. The first-order valence-electron chi connectivity index (χ1n) is 8.39. The number of nitrogens with one attached hydrogen (secondary N) is 2. The molecule has 0 aliphatic heterocycles. The van der Waals surface area contributed by atoms with Gasteiger partial charge in [-0.15, -0.1) is 0 Å². The Morgan fingerprint density at radius 1 is 1.00 bits per heavy atom. The molecule has 0 aliphatic carbocycles. The maximum Gasteiger partial charge on any atom is 0.261 e. The number of carbonyl (C=O) groups is 2. The number of nitrogens with zero attached hydrogens (tertiary/aromatic N) is 1. The fourth-order valence-electron chi connectivity index (χ4n) is 2.40. The van der Waals surface area contributed by atoms with Crippen molar-refractivity contribution < 1.29 is 14.0 Å². The van der Waals surface area contributed by atoms with E-state index in [0.29, 0.717) is 15.7 Å². The van der Waals surface area contributed by atoms with Crippen molar-refractivity contribution in [2.45, 2.75) is 0 Å². The van der Waals surface area contributed by atoms with Crippen molar-refractivity contribution in [2.75, 3.05) is 10.6 Å². The van der Waals surface area contributed by atoms with Gasteiger partial charge in [0.2, 0.25) is 0 Å². The first-order chi connectivity index (χ1) is 13.9. The van der Waals surface area contributed by atoms with E-state index in [0.717, 1.165) is 0 Å². The second-order valence-electron chi connectivity index (χ2n) is 5.84. The molecule has 8 heteroatoms. The summed E-state index contributed by atoms with van der Waals surface area (Å²) in [5, 5.41) is 5.18. The molecule has 29 heavy (non-hydrogen) atoms. The zero-order chi connectivity index (χ0) is 20.8. The maximum absolute atomic E-state index is 14.1. The van der Waals surface area contributed by atoms with Gasteiger partial charge < -0.3 is 10.6 Å². The molecule has 5 nitrogen and oxygen atoms in total. The van der Waals surface area contributed by atoms with Crippen LogP contribution in [0.5, 0.6) is 0 Å². The molecule has 2 N–H and O–H groups in total. The lowest BCUT2D eigenvalue weighted by molar-refractivity contribution is -0.118. The number of para-hydroxylation sites is 1. The van der Waals surface area contributed by atoms with Crippen LogP contribution in [0.4, 0.5) is 15.8 Å². The van der Waals surface area contributed by atoms with Gasteiger partial charge in [0.25, 0.3) is 11.8 Å². The molecule has 3 rings (SSSR count). The number of hydrogen-bond donors (Lipinski definition) is 2. The SMILES string of the molecule is O=C(Nc1ccccc1)/C(=C/c1cccnc1Cl)C(=O)Nc1ccc(Br)cc1F. The summed E-state index contributed by atoms with van der Waals surface area (Å²) in [5.74, 6) is -2.11. The van der Waals surface area contributed by atoms with Crippen molar-refractivity contribution in [2.24, 2.45) is 0 Å². The molecule has 146 valence electrons. The average molecular weight is 475 g/mol. The molecule has 0 saturated carbocycles. The lowest BCUT2D eigenvalue weighted by atomic mass is 10.1. The summed E-state index contributed by atoms with van der Waals surface area (Å²) in [6, 6.07) is 16.0. The van der Waals surface area contributed by atoms with Crippen molar-refractivity contribution in [3.05, 3.63) is 93.4 Å². The minimum absolute atomic E-state index is 0.0612. The van der Waals surface area contributed by atoms with Crippen LogP contribution in [-0.2, 0) is 9.59 Å². The highest BCUT2D eigenvalue weighted by atomic mass is 79.9. The Balaban J connectivity index is 1.94. The third-order valence-electron chi connectivity index (χ3n) is 3.79. The lowest BCUT2D eigenvalue weighted by Gasteiger charge is -2.11. The van der Waals surface area contributed by atoms with E-state index in [1.54, 1.807) is 48.5 Å². The number of aromatic nitrogens is 1.